The molecule has 0 fully saturated rings. The van der Waals surface area contributed by atoms with Crippen molar-refractivity contribution in [2.45, 2.75) is 0 Å². The van der Waals surface area contributed by atoms with Crippen LogP contribution in [0.3, 0.4) is 0 Å². The number of aromatic hydroxyl groups is 1. The van der Waals surface area contributed by atoms with E-state index in [1.807, 2.05) is 0 Å². The van der Waals surface area contributed by atoms with Crippen LogP contribution in [0.5, 0.6) is 11.5 Å². The minimum Gasteiger partial charge on any atom is -0.500 e. The van der Waals surface area contributed by atoms with Crippen LogP contribution in [0, 0.1) is 10.1 Å². The lowest BCUT2D eigenvalue weighted by Gasteiger charge is -2.05. The summed E-state index contributed by atoms with van der Waals surface area (Å²) in [5, 5.41) is 24.3. The van der Waals surface area contributed by atoms with E-state index in [2.05, 4.69) is 10.5 Å². The molecule has 0 unspecified atom stereocenters. The van der Waals surface area contributed by atoms with E-state index in [-0.39, 0.29) is 5.75 Å². The predicted octanol–water partition coefficient (Wildman–Crippen LogP) is 2.07. The standard InChI is InChI=1S/C15H13N3O5/c1-23-13-8-10(7-12(14(13)19)18(21)22)9-16-17-15(20)11-5-3-2-4-6-11/h2-9,19H,1H3,(H,17,20)/b16-9-. The number of carbonyl (C=O) groups excluding carboxylic acids is 1. The molecule has 0 aliphatic rings. The lowest BCUT2D eigenvalue weighted by Crippen LogP contribution is -2.17. The van der Waals surface area contributed by atoms with E-state index in [1.165, 1.54) is 19.4 Å². The van der Waals surface area contributed by atoms with Crippen molar-refractivity contribution in [2.24, 2.45) is 5.10 Å². The first-order valence-corrected chi connectivity index (χ1v) is 6.46. The molecule has 1 amide bonds. The van der Waals surface area contributed by atoms with Crippen LogP contribution in [0.2, 0.25) is 0 Å². The number of hydrazone groups is 1. The Morgan fingerprint density at radius 3 is 2.65 bits per heavy atom. The normalized spacial score (nSPS) is 10.5. The van der Waals surface area contributed by atoms with E-state index in [0.717, 1.165) is 6.07 Å². The number of amides is 1. The molecule has 0 atom stereocenters. The van der Waals surface area contributed by atoms with Crippen LogP contribution in [-0.4, -0.2) is 29.3 Å². The van der Waals surface area contributed by atoms with Gasteiger partial charge in [-0.15, -0.1) is 0 Å². The third-order valence-electron chi connectivity index (χ3n) is 2.91. The van der Waals surface area contributed by atoms with Gasteiger partial charge in [-0.05, 0) is 18.2 Å². The Hall–Kier alpha value is -3.42. The molecule has 2 aromatic carbocycles. The Labute approximate surface area is 131 Å². The topological polar surface area (TPSA) is 114 Å². The average molecular weight is 315 g/mol. The van der Waals surface area contributed by atoms with Gasteiger partial charge in [0.25, 0.3) is 5.91 Å². The van der Waals surface area contributed by atoms with Gasteiger partial charge in [0.2, 0.25) is 5.75 Å². The number of benzene rings is 2. The third kappa shape index (κ3) is 3.82. The van der Waals surface area contributed by atoms with Crippen LogP contribution in [0.15, 0.2) is 47.6 Å². The molecule has 0 aromatic heterocycles. The highest BCUT2D eigenvalue weighted by molar-refractivity contribution is 5.95. The van der Waals surface area contributed by atoms with E-state index in [1.54, 1.807) is 30.3 Å². The zero-order chi connectivity index (χ0) is 16.8. The van der Waals surface area contributed by atoms with Crippen LogP contribution < -0.4 is 10.2 Å². The van der Waals surface area contributed by atoms with Gasteiger partial charge < -0.3 is 9.84 Å². The van der Waals surface area contributed by atoms with Crippen LogP contribution in [0.1, 0.15) is 15.9 Å². The monoisotopic (exact) mass is 315 g/mol. The number of phenolic OH excluding ortho intramolecular Hbond substituents is 1. The Bertz CT molecular complexity index is 759. The molecule has 0 bridgehead atoms. The van der Waals surface area contributed by atoms with Crippen molar-refractivity contribution in [1.82, 2.24) is 5.43 Å². The van der Waals surface area contributed by atoms with E-state index in [4.69, 9.17) is 4.74 Å². The first kappa shape index (κ1) is 16.0. The molecular formula is C15H13N3O5. The Kier molecular flexibility index (Phi) is 4.88. The molecule has 118 valence electrons. The molecule has 2 rings (SSSR count). The summed E-state index contributed by atoms with van der Waals surface area (Å²) < 4.78 is 4.87. The summed E-state index contributed by atoms with van der Waals surface area (Å²) in [6.07, 6.45) is 1.22. The average Bonchev–Trinajstić information content (AvgIpc) is 2.56. The largest absolute Gasteiger partial charge is 0.500 e. The van der Waals surface area contributed by atoms with Gasteiger partial charge in [-0.3, -0.25) is 14.9 Å². The molecule has 0 radical (unpaired) electrons. The number of carbonyl (C=O) groups is 1. The number of ether oxygens (including phenoxy) is 1. The Balaban J connectivity index is 2.18. The van der Waals surface area contributed by atoms with Gasteiger partial charge in [-0.1, -0.05) is 18.2 Å². The first-order valence-electron chi connectivity index (χ1n) is 6.46. The van der Waals surface area contributed by atoms with Crippen LogP contribution >= 0.6 is 0 Å². The highest BCUT2D eigenvalue weighted by Crippen LogP contribution is 2.36. The second-order valence-electron chi connectivity index (χ2n) is 4.41. The number of nitrogens with zero attached hydrogens (tertiary/aromatic N) is 2. The van der Waals surface area contributed by atoms with Crippen LogP contribution in [0.25, 0.3) is 0 Å². The molecule has 0 aliphatic carbocycles. The third-order valence-corrected chi connectivity index (χ3v) is 2.91. The highest BCUT2D eigenvalue weighted by atomic mass is 16.6. The van der Waals surface area contributed by atoms with Gasteiger partial charge in [-0.25, -0.2) is 5.43 Å². The Morgan fingerprint density at radius 1 is 1.35 bits per heavy atom. The summed E-state index contributed by atoms with van der Waals surface area (Å²) in [6.45, 7) is 0. The van der Waals surface area contributed by atoms with Crippen molar-refractivity contribution in [3.63, 3.8) is 0 Å². The van der Waals surface area contributed by atoms with Crippen molar-refractivity contribution in [3.8, 4) is 11.5 Å². The quantitative estimate of drug-likeness (QED) is 0.498. The number of nitrogens with one attached hydrogen (secondary N) is 1. The predicted molar refractivity (Wildman–Crippen MR) is 82.8 cm³/mol. The summed E-state index contributed by atoms with van der Waals surface area (Å²) in [7, 11) is 1.27. The summed E-state index contributed by atoms with van der Waals surface area (Å²) >= 11 is 0. The van der Waals surface area contributed by atoms with Crippen LogP contribution in [0.4, 0.5) is 5.69 Å². The second-order valence-corrected chi connectivity index (χ2v) is 4.41. The number of methoxy groups -OCH3 is 1. The fourth-order valence-electron chi connectivity index (χ4n) is 1.80. The van der Waals surface area contributed by atoms with E-state index in [9.17, 15) is 20.0 Å². The van der Waals surface area contributed by atoms with Crippen LogP contribution in [-0.2, 0) is 0 Å². The lowest BCUT2D eigenvalue weighted by atomic mass is 10.2. The fourth-order valence-corrected chi connectivity index (χ4v) is 1.80. The molecule has 0 saturated carbocycles. The maximum atomic E-state index is 11.8. The molecule has 8 heteroatoms. The van der Waals surface area contributed by atoms with Gasteiger partial charge >= 0.3 is 5.69 Å². The van der Waals surface area contributed by atoms with Gasteiger partial charge in [-0.2, -0.15) is 5.10 Å². The molecule has 0 spiro atoms. The molecular weight excluding hydrogens is 302 g/mol. The minimum atomic E-state index is -0.738. The Morgan fingerprint density at radius 2 is 2.04 bits per heavy atom. The first-order chi connectivity index (χ1) is 11.0. The molecule has 2 aromatic rings. The van der Waals surface area contributed by atoms with Gasteiger partial charge in [0.1, 0.15) is 0 Å². The molecule has 0 aliphatic heterocycles. The summed E-state index contributed by atoms with van der Waals surface area (Å²) in [5.74, 6) is -1.04. The number of hydrogen-bond acceptors (Lipinski definition) is 6. The van der Waals surface area contributed by atoms with Crippen molar-refractivity contribution < 1.29 is 19.6 Å². The zero-order valence-corrected chi connectivity index (χ0v) is 12.1. The molecule has 0 saturated heterocycles. The molecule has 2 N–H and O–H groups in total. The second kappa shape index (κ2) is 7.03. The van der Waals surface area contributed by atoms with E-state index >= 15 is 0 Å². The molecule has 0 heterocycles. The number of nitro groups is 1. The van der Waals surface area contributed by atoms with Crippen molar-refractivity contribution in [1.29, 1.82) is 0 Å². The maximum absolute atomic E-state index is 11.8. The summed E-state index contributed by atoms with van der Waals surface area (Å²) in [6, 6.07) is 10.9. The SMILES string of the molecule is COc1cc(/C=N\NC(=O)c2ccccc2)cc([N+](=O)[O-])c1O. The smallest absolute Gasteiger partial charge is 0.315 e. The minimum absolute atomic E-state index is 0.0602. The number of nitro benzene ring substituents is 1. The fraction of sp³-hybridized carbons (Fsp3) is 0.0667. The summed E-state index contributed by atoms with van der Waals surface area (Å²) in [4.78, 5) is 21.9. The lowest BCUT2D eigenvalue weighted by molar-refractivity contribution is -0.386. The van der Waals surface area contributed by atoms with Crippen molar-refractivity contribution in [2.75, 3.05) is 7.11 Å². The number of rotatable bonds is 5. The highest BCUT2D eigenvalue weighted by Gasteiger charge is 2.19. The molecule has 23 heavy (non-hydrogen) atoms. The van der Waals surface area contributed by atoms with E-state index in [0.29, 0.717) is 11.1 Å². The molecule has 8 nitrogen and oxygen atoms in total. The van der Waals surface area contributed by atoms with Crippen molar-refractivity contribution in [3.05, 3.63) is 63.7 Å². The van der Waals surface area contributed by atoms with Gasteiger partial charge in [0.15, 0.2) is 5.75 Å². The number of phenols is 1. The van der Waals surface area contributed by atoms with E-state index < -0.39 is 22.3 Å². The zero-order valence-electron chi connectivity index (χ0n) is 12.1. The maximum Gasteiger partial charge on any atom is 0.315 e. The number of hydrogen-bond donors (Lipinski definition) is 2. The van der Waals surface area contributed by atoms with Gasteiger partial charge in [0.05, 0.1) is 18.2 Å². The summed E-state index contributed by atoms with van der Waals surface area (Å²) in [5.41, 5.74) is 2.51. The van der Waals surface area contributed by atoms with Gasteiger partial charge in [0, 0.05) is 17.2 Å². The van der Waals surface area contributed by atoms with Crippen molar-refractivity contribution >= 4 is 17.8 Å².